The number of aryl methyl sites for hydroxylation is 2. The summed E-state index contributed by atoms with van der Waals surface area (Å²) in [4.78, 5) is 29.4. The average Bonchev–Trinajstić information content (AvgIpc) is 2.88. The van der Waals surface area contributed by atoms with Gasteiger partial charge in [0, 0.05) is 23.5 Å². The summed E-state index contributed by atoms with van der Waals surface area (Å²) in [6.45, 7) is 7.37. The molecule has 0 saturated heterocycles. The number of hydrogen-bond donors (Lipinski definition) is 1. The molecule has 0 heterocycles. The molecule has 214 valence electrons. The highest BCUT2D eigenvalue weighted by Crippen LogP contribution is 2.23. The molecule has 0 saturated carbocycles. The van der Waals surface area contributed by atoms with Gasteiger partial charge in [-0.3, -0.25) is 13.9 Å². The topological polar surface area (TPSA) is 86.8 Å². The highest BCUT2D eigenvalue weighted by molar-refractivity contribution is 9.10. The molecular weight excluding hydrogens is 590 g/mol. The number of carbonyl (C=O) groups is 2. The molecule has 1 N–H and O–H groups in total. The van der Waals surface area contributed by atoms with Crippen LogP contribution in [0.1, 0.15) is 42.5 Å². The van der Waals surface area contributed by atoms with Gasteiger partial charge < -0.3 is 10.2 Å². The molecule has 0 aromatic heterocycles. The monoisotopic (exact) mass is 627 g/mol. The van der Waals surface area contributed by atoms with Gasteiger partial charge in [-0.1, -0.05) is 71.4 Å². The molecule has 2 atom stereocenters. The van der Waals surface area contributed by atoms with E-state index in [4.69, 9.17) is 0 Å². The van der Waals surface area contributed by atoms with Gasteiger partial charge in [-0.2, -0.15) is 0 Å². The Bertz CT molecular complexity index is 1410. The molecule has 0 radical (unpaired) electrons. The summed E-state index contributed by atoms with van der Waals surface area (Å²) in [7, 11) is -3.81. The Balaban J connectivity index is 2.08. The predicted octanol–water partition coefficient (Wildman–Crippen LogP) is 5.39. The quantitative estimate of drug-likeness (QED) is 0.292. The fraction of sp³-hybridized carbons (Fsp3) is 0.355. The minimum Gasteiger partial charge on any atom is -0.352 e. The Morgan fingerprint density at radius 1 is 0.925 bits per heavy atom. The molecule has 9 heteroatoms. The SMILES string of the molecule is CC[C@@H](C)NC(=O)[C@@H](Cc1ccccc1)N(Cc1cccc(Br)c1)C(=O)CN(c1cc(C)cc(C)c1)S(C)(=O)=O. The fourth-order valence-corrected chi connectivity index (χ4v) is 5.82. The molecule has 0 aliphatic heterocycles. The van der Waals surface area contributed by atoms with E-state index in [1.165, 1.54) is 4.90 Å². The molecule has 0 aliphatic rings. The second kappa shape index (κ2) is 13.9. The second-order valence-corrected chi connectivity index (χ2v) is 13.1. The number of nitrogens with zero attached hydrogens (tertiary/aromatic N) is 2. The van der Waals surface area contributed by atoms with Crippen LogP contribution >= 0.6 is 15.9 Å². The molecule has 7 nitrogen and oxygen atoms in total. The molecule has 0 spiro atoms. The third-order valence-electron chi connectivity index (χ3n) is 6.69. The lowest BCUT2D eigenvalue weighted by Crippen LogP contribution is -2.54. The van der Waals surface area contributed by atoms with Crippen molar-refractivity contribution < 1.29 is 18.0 Å². The van der Waals surface area contributed by atoms with Gasteiger partial charge in [0.15, 0.2) is 0 Å². The van der Waals surface area contributed by atoms with Gasteiger partial charge in [-0.15, -0.1) is 0 Å². The maximum Gasteiger partial charge on any atom is 0.244 e. The second-order valence-electron chi connectivity index (χ2n) is 10.3. The number of carbonyl (C=O) groups excluding carboxylic acids is 2. The van der Waals surface area contributed by atoms with Crippen molar-refractivity contribution in [2.75, 3.05) is 17.1 Å². The number of halogens is 1. The minimum atomic E-state index is -3.81. The van der Waals surface area contributed by atoms with Crippen LogP contribution in [0.4, 0.5) is 5.69 Å². The Kier molecular flexibility index (Phi) is 10.9. The van der Waals surface area contributed by atoms with Crippen molar-refractivity contribution >= 4 is 43.5 Å². The van der Waals surface area contributed by atoms with Crippen LogP contribution in [-0.4, -0.2) is 50.0 Å². The Morgan fingerprint density at radius 3 is 2.12 bits per heavy atom. The smallest absolute Gasteiger partial charge is 0.244 e. The van der Waals surface area contributed by atoms with Crippen molar-refractivity contribution in [2.45, 2.75) is 59.2 Å². The molecule has 40 heavy (non-hydrogen) atoms. The zero-order valence-electron chi connectivity index (χ0n) is 23.7. The van der Waals surface area contributed by atoms with Crippen LogP contribution < -0.4 is 9.62 Å². The first-order valence-electron chi connectivity index (χ1n) is 13.3. The van der Waals surface area contributed by atoms with Gasteiger partial charge >= 0.3 is 0 Å². The third-order valence-corrected chi connectivity index (χ3v) is 8.32. The van der Waals surface area contributed by atoms with Crippen LogP contribution in [0.15, 0.2) is 77.3 Å². The van der Waals surface area contributed by atoms with Gasteiger partial charge in [-0.05, 0) is 73.7 Å². The molecule has 3 aromatic carbocycles. The summed E-state index contributed by atoms with van der Waals surface area (Å²) in [5, 5.41) is 3.04. The Morgan fingerprint density at radius 2 is 1.55 bits per heavy atom. The summed E-state index contributed by atoms with van der Waals surface area (Å²) in [6.07, 6.45) is 2.11. The summed E-state index contributed by atoms with van der Waals surface area (Å²) in [5.41, 5.74) is 3.90. The van der Waals surface area contributed by atoms with Gasteiger partial charge in [0.2, 0.25) is 21.8 Å². The van der Waals surface area contributed by atoms with Crippen LogP contribution in [0, 0.1) is 13.8 Å². The van der Waals surface area contributed by atoms with Crippen molar-refractivity contribution in [1.29, 1.82) is 0 Å². The fourth-order valence-electron chi connectivity index (χ4n) is 4.54. The molecule has 0 bridgehead atoms. The third kappa shape index (κ3) is 8.93. The Labute approximate surface area is 246 Å². The first-order chi connectivity index (χ1) is 18.9. The molecule has 3 rings (SSSR count). The molecule has 0 unspecified atom stereocenters. The van der Waals surface area contributed by atoms with E-state index in [2.05, 4.69) is 21.2 Å². The van der Waals surface area contributed by atoms with Crippen LogP contribution in [-0.2, 0) is 32.6 Å². The lowest BCUT2D eigenvalue weighted by atomic mass is 10.0. The highest BCUT2D eigenvalue weighted by Gasteiger charge is 2.33. The first-order valence-corrected chi connectivity index (χ1v) is 16.0. The van der Waals surface area contributed by atoms with Crippen LogP contribution in [0.5, 0.6) is 0 Å². The number of anilines is 1. The number of sulfonamides is 1. The number of nitrogens with one attached hydrogen (secondary N) is 1. The maximum absolute atomic E-state index is 14.2. The van der Waals surface area contributed by atoms with Crippen LogP contribution in [0.3, 0.4) is 0 Å². The van der Waals surface area contributed by atoms with Gasteiger partial charge in [0.25, 0.3) is 0 Å². The first kappa shape index (κ1) is 31.4. The molecule has 0 aliphatic carbocycles. The molecule has 0 fully saturated rings. The maximum atomic E-state index is 14.2. The van der Waals surface area contributed by atoms with Crippen LogP contribution in [0.2, 0.25) is 0 Å². The number of amides is 2. The summed E-state index contributed by atoms with van der Waals surface area (Å²) in [5.74, 6) is -0.747. The van der Waals surface area contributed by atoms with Gasteiger partial charge in [0.1, 0.15) is 12.6 Å². The van der Waals surface area contributed by atoms with Gasteiger partial charge in [0.05, 0.1) is 11.9 Å². The van der Waals surface area contributed by atoms with E-state index in [9.17, 15) is 18.0 Å². The number of hydrogen-bond acceptors (Lipinski definition) is 4. The lowest BCUT2D eigenvalue weighted by molar-refractivity contribution is -0.140. The van der Waals surface area contributed by atoms with Crippen molar-refractivity contribution in [2.24, 2.45) is 0 Å². The average molecular weight is 629 g/mol. The molecule has 3 aromatic rings. The van der Waals surface area contributed by atoms with E-state index in [0.29, 0.717) is 5.69 Å². The van der Waals surface area contributed by atoms with E-state index in [1.54, 1.807) is 12.1 Å². The molecule has 2 amide bonds. The lowest BCUT2D eigenvalue weighted by Gasteiger charge is -2.34. The van der Waals surface area contributed by atoms with Crippen molar-refractivity contribution in [3.8, 4) is 0 Å². The predicted molar refractivity (Wildman–Crippen MR) is 165 cm³/mol. The zero-order chi connectivity index (χ0) is 29.4. The minimum absolute atomic E-state index is 0.0867. The summed E-state index contributed by atoms with van der Waals surface area (Å²) >= 11 is 3.49. The standard InChI is InChI=1S/C31H38BrN3O4S/c1-6-24(4)33-31(37)29(19-25-11-8-7-9-12-25)34(20-26-13-10-14-27(32)18-26)30(36)21-35(40(5,38)39)28-16-22(2)15-23(3)17-28/h7-18,24,29H,6,19-21H2,1-5H3,(H,33,37)/t24-,29-/m1/s1. The van der Waals surface area contributed by atoms with E-state index in [1.807, 2.05) is 88.4 Å². The van der Waals surface area contributed by atoms with E-state index < -0.39 is 28.5 Å². The normalized spacial score (nSPS) is 12.8. The van der Waals surface area contributed by atoms with Crippen molar-refractivity contribution in [1.82, 2.24) is 10.2 Å². The number of benzene rings is 3. The molecular formula is C31H38BrN3O4S. The summed E-state index contributed by atoms with van der Waals surface area (Å²) in [6, 6.07) is 21.6. The van der Waals surface area contributed by atoms with Gasteiger partial charge in [-0.25, -0.2) is 8.42 Å². The summed E-state index contributed by atoms with van der Waals surface area (Å²) < 4.78 is 27.9. The van der Waals surface area contributed by atoms with Crippen molar-refractivity contribution in [3.63, 3.8) is 0 Å². The van der Waals surface area contributed by atoms with Crippen LogP contribution in [0.25, 0.3) is 0 Å². The van der Waals surface area contributed by atoms with Crippen molar-refractivity contribution in [3.05, 3.63) is 99.5 Å². The highest BCUT2D eigenvalue weighted by atomic mass is 79.9. The van der Waals surface area contributed by atoms with E-state index in [0.717, 1.165) is 43.7 Å². The number of rotatable bonds is 12. The zero-order valence-corrected chi connectivity index (χ0v) is 26.1. The van der Waals surface area contributed by atoms with E-state index in [-0.39, 0.29) is 24.9 Å². The van der Waals surface area contributed by atoms with E-state index >= 15 is 0 Å². The largest absolute Gasteiger partial charge is 0.352 e. The Hall–Kier alpha value is -3.17.